The molecule has 0 spiro atoms. The number of imidazole rings is 1. The van der Waals surface area contributed by atoms with E-state index >= 15 is 0 Å². The SMILES string of the molecule is C=C1CS/C(=C(/C#N)n2ccnc2)S1. The van der Waals surface area contributed by atoms with Gasteiger partial charge >= 0.3 is 0 Å². The maximum absolute atomic E-state index is 9.03. The van der Waals surface area contributed by atoms with Crippen molar-refractivity contribution in [3.05, 3.63) is 34.4 Å². The molecule has 70 valence electrons. The molecule has 3 nitrogen and oxygen atoms in total. The van der Waals surface area contributed by atoms with Gasteiger partial charge in [0.2, 0.25) is 0 Å². The lowest BCUT2D eigenvalue weighted by Gasteiger charge is -2.01. The second kappa shape index (κ2) is 3.95. The van der Waals surface area contributed by atoms with Crippen molar-refractivity contribution in [3.8, 4) is 6.07 Å². The third kappa shape index (κ3) is 1.72. The molecule has 14 heavy (non-hydrogen) atoms. The molecule has 0 bridgehead atoms. The number of hydrogen-bond acceptors (Lipinski definition) is 4. The summed E-state index contributed by atoms with van der Waals surface area (Å²) in [5, 5.41) is 9.03. The van der Waals surface area contributed by atoms with Crippen molar-refractivity contribution in [1.82, 2.24) is 9.55 Å². The highest BCUT2D eigenvalue weighted by molar-refractivity contribution is 8.27. The molecule has 2 rings (SSSR count). The fraction of sp³-hybridized carbons (Fsp3) is 0.111. The number of thioether (sulfide) groups is 2. The van der Waals surface area contributed by atoms with Crippen molar-refractivity contribution in [2.45, 2.75) is 0 Å². The molecular formula is C9H7N3S2. The van der Waals surface area contributed by atoms with Crippen LogP contribution in [0, 0.1) is 11.3 Å². The highest BCUT2D eigenvalue weighted by Crippen LogP contribution is 2.45. The molecule has 1 aromatic heterocycles. The highest BCUT2D eigenvalue weighted by Gasteiger charge is 2.18. The van der Waals surface area contributed by atoms with Crippen LogP contribution >= 0.6 is 23.5 Å². The molecule has 0 aromatic carbocycles. The maximum Gasteiger partial charge on any atom is 0.146 e. The van der Waals surface area contributed by atoms with Crippen LogP contribution in [0.4, 0.5) is 0 Å². The van der Waals surface area contributed by atoms with Crippen LogP contribution in [0.2, 0.25) is 0 Å². The van der Waals surface area contributed by atoms with Crippen molar-refractivity contribution in [2.24, 2.45) is 0 Å². The Morgan fingerprint density at radius 2 is 2.57 bits per heavy atom. The molecule has 0 atom stereocenters. The van der Waals surface area contributed by atoms with Crippen LogP contribution in [0.5, 0.6) is 0 Å². The summed E-state index contributed by atoms with van der Waals surface area (Å²) in [4.78, 5) is 5.01. The van der Waals surface area contributed by atoms with Gasteiger partial charge in [-0.05, 0) is 4.91 Å². The quantitative estimate of drug-likeness (QED) is 0.683. The molecule has 0 amide bonds. The Labute approximate surface area is 90.5 Å². The summed E-state index contributed by atoms with van der Waals surface area (Å²) in [5.41, 5.74) is 0.635. The second-order valence-electron chi connectivity index (χ2n) is 2.65. The Morgan fingerprint density at radius 1 is 1.71 bits per heavy atom. The fourth-order valence-electron chi connectivity index (χ4n) is 1.05. The molecule has 0 saturated carbocycles. The lowest BCUT2D eigenvalue weighted by atomic mass is 10.5. The van der Waals surface area contributed by atoms with E-state index in [1.807, 2.05) is 0 Å². The van der Waals surface area contributed by atoms with Crippen molar-refractivity contribution < 1.29 is 0 Å². The van der Waals surface area contributed by atoms with Crippen LogP contribution in [0.3, 0.4) is 0 Å². The molecule has 0 unspecified atom stereocenters. The van der Waals surface area contributed by atoms with Crippen molar-refractivity contribution >= 4 is 29.2 Å². The van der Waals surface area contributed by atoms with Gasteiger partial charge in [0.25, 0.3) is 0 Å². The Hall–Kier alpha value is -1.12. The topological polar surface area (TPSA) is 41.6 Å². The zero-order valence-corrected chi connectivity index (χ0v) is 8.94. The lowest BCUT2D eigenvalue weighted by Crippen LogP contribution is -1.91. The van der Waals surface area contributed by atoms with E-state index in [1.165, 1.54) is 0 Å². The largest absolute Gasteiger partial charge is 0.296 e. The minimum Gasteiger partial charge on any atom is -0.296 e. The molecular weight excluding hydrogens is 214 g/mol. The predicted octanol–water partition coefficient (Wildman–Crippen LogP) is 2.53. The van der Waals surface area contributed by atoms with Crippen LogP contribution in [-0.2, 0) is 0 Å². The summed E-state index contributed by atoms with van der Waals surface area (Å²) in [6, 6.07) is 2.19. The van der Waals surface area contributed by atoms with Crippen LogP contribution < -0.4 is 0 Å². The summed E-state index contributed by atoms with van der Waals surface area (Å²) in [6.07, 6.45) is 5.07. The van der Waals surface area contributed by atoms with E-state index in [9.17, 15) is 0 Å². The first kappa shape index (κ1) is 9.44. The van der Waals surface area contributed by atoms with Gasteiger partial charge in [0.05, 0.1) is 10.6 Å². The maximum atomic E-state index is 9.03. The molecule has 1 aromatic rings. The van der Waals surface area contributed by atoms with Crippen LogP contribution in [0.1, 0.15) is 0 Å². The molecule has 1 aliphatic rings. The van der Waals surface area contributed by atoms with Gasteiger partial charge in [-0.15, -0.1) is 11.8 Å². The highest BCUT2D eigenvalue weighted by atomic mass is 32.2. The van der Waals surface area contributed by atoms with Gasteiger partial charge in [0, 0.05) is 18.1 Å². The third-order valence-electron chi connectivity index (χ3n) is 1.66. The average Bonchev–Trinajstić information content (AvgIpc) is 2.79. The van der Waals surface area contributed by atoms with Crippen LogP contribution in [0.15, 0.2) is 34.4 Å². The summed E-state index contributed by atoms with van der Waals surface area (Å²) in [7, 11) is 0. The normalized spacial score (nSPS) is 19.5. The molecule has 2 heterocycles. The monoisotopic (exact) mass is 221 g/mol. The van der Waals surface area contributed by atoms with E-state index in [-0.39, 0.29) is 0 Å². The third-order valence-corrected chi connectivity index (χ3v) is 4.21. The van der Waals surface area contributed by atoms with Gasteiger partial charge in [-0.1, -0.05) is 18.3 Å². The standard InChI is InChI=1S/C9H7N3S2/c1-7-5-13-9(14-7)8(4-10)12-3-2-11-6-12/h2-3,6H,1,5H2/b9-8+. The first-order valence-corrected chi connectivity index (χ1v) is 5.72. The Morgan fingerprint density at radius 3 is 3.07 bits per heavy atom. The van der Waals surface area contributed by atoms with Gasteiger partial charge in [0.1, 0.15) is 11.8 Å². The van der Waals surface area contributed by atoms with Crippen LogP contribution in [-0.4, -0.2) is 15.3 Å². The van der Waals surface area contributed by atoms with E-state index in [4.69, 9.17) is 5.26 Å². The van der Waals surface area contributed by atoms with Gasteiger partial charge < -0.3 is 0 Å². The summed E-state index contributed by atoms with van der Waals surface area (Å²) >= 11 is 3.23. The molecule has 0 N–H and O–H groups in total. The van der Waals surface area contributed by atoms with Crippen molar-refractivity contribution in [2.75, 3.05) is 5.75 Å². The number of nitriles is 1. The van der Waals surface area contributed by atoms with Gasteiger partial charge in [0.15, 0.2) is 0 Å². The van der Waals surface area contributed by atoms with E-state index in [1.54, 1.807) is 46.8 Å². The molecule has 0 radical (unpaired) electrons. The minimum absolute atomic E-state index is 0.635. The minimum atomic E-state index is 0.635. The summed E-state index contributed by atoms with van der Waals surface area (Å²) in [5.74, 6) is 0.889. The van der Waals surface area contributed by atoms with Crippen molar-refractivity contribution in [3.63, 3.8) is 0 Å². The smallest absolute Gasteiger partial charge is 0.146 e. The number of allylic oxidation sites excluding steroid dienone is 1. The molecule has 0 aliphatic carbocycles. The molecule has 1 saturated heterocycles. The zero-order valence-electron chi connectivity index (χ0n) is 7.30. The van der Waals surface area contributed by atoms with E-state index in [0.717, 1.165) is 14.9 Å². The molecule has 5 heteroatoms. The van der Waals surface area contributed by atoms with Crippen molar-refractivity contribution in [1.29, 1.82) is 5.26 Å². The zero-order chi connectivity index (χ0) is 9.97. The first-order chi connectivity index (χ1) is 6.81. The number of rotatable bonds is 1. The van der Waals surface area contributed by atoms with Crippen LogP contribution in [0.25, 0.3) is 5.70 Å². The number of hydrogen-bond donors (Lipinski definition) is 0. The Bertz CT molecular complexity index is 425. The Kier molecular flexibility index (Phi) is 2.66. The Balaban J connectivity index is 2.40. The summed E-state index contributed by atoms with van der Waals surface area (Å²) in [6.45, 7) is 3.88. The fourth-order valence-corrected chi connectivity index (χ4v) is 3.32. The van der Waals surface area contributed by atoms with Gasteiger partial charge in [-0.2, -0.15) is 5.26 Å². The van der Waals surface area contributed by atoms with Gasteiger partial charge in [-0.25, -0.2) is 4.98 Å². The number of nitrogens with zero attached hydrogens (tertiary/aromatic N) is 3. The molecule has 1 fully saturated rings. The first-order valence-electron chi connectivity index (χ1n) is 3.92. The van der Waals surface area contributed by atoms with E-state index in [2.05, 4.69) is 17.6 Å². The van der Waals surface area contributed by atoms with Gasteiger partial charge in [-0.3, -0.25) is 4.57 Å². The second-order valence-corrected chi connectivity index (χ2v) is 5.08. The van der Waals surface area contributed by atoms with E-state index < -0.39 is 0 Å². The van der Waals surface area contributed by atoms with E-state index in [0.29, 0.717) is 5.70 Å². The average molecular weight is 221 g/mol. The lowest BCUT2D eigenvalue weighted by molar-refractivity contribution is 1.10. The predicted molar refractivity (Wildman–Crippen MR) is 60.2 cm³/mol. The molecule has 1 aliphatic heterocycles. The number of aromatic nitrogens is 2. The summed E-state index contributed by atoms with van der Waals surface area (Å²) < 4.78 is 2.74.